The van der Waals surface area contributed by atoms with Crippen LogP contribution in [0.2, 0.25) is 0 Å². The zero-order valence-corrected chi connectivity index (χ0v) is 15.5. The number of thiophene rings is 1. The van der Waals surface area contributed by atoms with Gasteiger partial charge in [0.05, 0.1) is 4.88 Å². The Kier molecular flexibility index (Phi) is 7.51. The standard InChI is InChI=1S/C16H25N3O2S.ClH/c1-10(2)14(18-15(20)13-5-4-6-22-13)16(21)19-9-12(8-17)7-11(19)3;/h4-6,10-12,14H,7-9,17H2,1-3H3,(H,18,20);1H. The van der Waals surface area contributed by atoms with Gasteiger partial charge < -0.3 is 16.0 Å². The van der Waals surface area contributed by atoms with Crippen molar-refractivity contribution in [3.63, 3.8) is 0 Å². The van der Waals surface area contributed by atoms with Gasteiger partial charge in [0.15, 0.2) is 0 Å². The molecule has 2 rings (SSSR count). The molecule has 0 spiro atoms. The number of hydrogen-bond acceptors (Lipinski definition) is 4. The van der Waals surface area contributed by atoms with Gasteiger partial charge in [-0.25, -0.2) is 0 Å². The maximum absolute atomic E-state index is 12.8. The maximum Gasteiger partial charge on any atom is 0.262 e. The minimum Gasteiger partial charge on any atom is -0.339 e. The number of likely N-dealkylation sites (tertiary alicyclic amines) is 1. The third-order valence-corrected chi connectivity index (χ3v) is 5.11. The Labute approximate surface area is 148 Å². The molecule has 1 aliphatic rings. The van der Waals surface area contributed by atoms with Crippen LogP contribution in [0.3, 0.4) is 0 Å². The van der Waals surface area contributed by atoms with Gasteiger partial charge in [0, 0.05) is 12.6 Å². The molecule has 3 N–H and O–H groups in total. The number of carbonyl (C=O) groups is 2. The Morgan fingerprint density at radius 3 is 2.65 bits per heavy atom. The molecule has 3 atom stereocenters. The highest BCUT2D eigenvalue weighted by Crippen LogP contribution is 2.24. The SMILES string of the molecule is CC(C)C(NC(=O)c1cccs1)C(=O)N1CC(CN)CC1C.Cl. The van der Waals surface area contributed by atoms with E-state index in [9.17, 15) is 9.59 Å². The number of rotatable bonds is 5. The minimum atomic E-state index is -0.492. The molecule has 23 heavy (non-hydrogen) atoms. The third kappa shape index (κ3) is 4.68. The molecule has 1 aliphatic heterocycles. The van der Waals surface area contributed by atoms with Crippen LogP contribution in [0, 0.1) is 11.8 Å². The number of halogens is 1. The van der Waals surface area contributed by atoms with Crippen LogP contribution in [0.1, 0.15) is 36.9 Å². The molecule has 130 valence electrons. The average Bonchev–Trinajstić information content (AvgIpc) is 3.12. The fourth-order valence-corrected chi connectivity index (χ4v) is 3.56. The summed E-state index contributed by atoms with van der Waals surface area (Å²) in [6, 6.07) is 3.29. The van der Waals surface area contributed by atoms with Gasteiger partial charge in [0.25, 0.3) is 5.91 Å². The summed E-state index contributed by atoms with van der Waals surface area (Å²) in [5.41, 5.74) is 5.73. The molecule has 3 unspecified atom stereocenters. The number of nitrogens with one attached hydrogen (secondary N) is 1. The summed E-state index contributed by atoms with van der Waals surface area (Å²) in [6.07, 6.45) is 0.936. The van der Waals surface area contributed by atoms with Crippen LogP contribution >= 0.6 is 23.7 Å². The van der Waals surface area contributed by atoms with E-state index in [1.165, 1.54) is 11.3 Å². The van der Waals surface area contributed by atoms with E-state index in [0.717, 1.165) is 6.42 Å². The summed E-state index contributed by atoms with van der Waals surface area (Å²) in [4.78, 5) is 27.6. The van der Waals surface area contributed by atoms with Crippen LogP contribution in [0.15, 0.2) is 17.5 Å². The number of nitrogens with zero attached hydrogens (tertiary/aromatic N) is 1. The normalized spacial score (nSPS) is 21.9. The molecule has 5 nitrogen and oxygen atoms in total. The Morgan fingerprint density at radius 1 is 1.48 bits per heavy atom. The van der Waals surface area contributed by atoms with Crippen LogP contribution in [0.5, 0.6) is 0 Å². The first-order valence-electron chi connectivity index (χ1n) is 7.79. The van der Waals surface area contributed by atoms with E-state index >= 15 is 0 Å². The molecule has 0 aromatic carbocycles. The Morgan fingerprint density at radius 2 is 2.17 bits per heavy atom. The highest BCUT2D eigenvalue weighted by Gasteiger charge is 2.36. The molecule has 7 heteroatoms. The lowest BCUT2D eigenvalue weighted by molar-refractivity contribution is -0.135. The van der Waals surface area contributed by atoms with E-state index in [-0.39, 0.29) is 36.2 Å². The molecule has 0 aliphatic carbocycles. The molecule has 2 amide bonds. The van der Waals surface area contributed by atoms with Crippen molar-refractivity contribution >= 4 is 35.6 Å². The van der Waals surface area contributed by atoms with E-state index in [2.05, 4.69) is 5.32 Å². The van der Waals surface area contributed by atoms with E-state index in [0.29, 0.717) is 23.9 Å². The Bertz CT molecular complexity index is 521. The molecule has 1 saturated heterocycles. The molecule has 1 aromatic rings. The number of hydrogen-bond donors (Lipinski definition) is 2. The average molecular weight is 360 g/mol. The van der Waals surface area contributed by atoms with Crippen LogP contribution in [0.25, 0.3) is 0 Å². The molecule has 1 aromatic heterocycles. The number of carbonyl (C=O) groups excluding carboxylic acids is 2. The summed E-state index contributed by atoms with van der Waals surface area (Å²) in [5, 5.41) is 4.75. The zero-order chi connectivity index (χ0) is 16.3. The summed E-state index contributed by atoms with van der Waals surface area (Å²) < 4.78 is 0. The van der Waals surface area contributed by atoms with Crippen molar-refractivity contribution in [1.29, 1.82) is 0 Å². The summed E-state index contributed by atoms with van der Waals surface area (Å²) >= 11 is 1.38. The van der Waals surface area contributed by atoms with Crippen molar-refractivity contribution in [2.75, 3.05) is 13.1 Å². The quantitative estimate of drug-likeness (QED) is 0.845. The van der Waals surface area contributed by atoms with Crippen LogP contribution in [-0.2, 0) is 4.79 Å². The van der Waals surface area contributed by atoms with Crippen molar-refractivity contribution in [3.8, 4) is 0 Å². The van der Waals surface area contributed by atoms with E-state index < -0.39 is 6.04 Å². The van der Waals surface area contributed by atoms with Gasteiger partial charge in [-0.2, -0.15) is 0 Å². The fraction of sp³-hybridized carbons (Fsp3) is 0.625. The second-order valence-corrected chi connectivity index (χ2v) is 7.30. The molecule has 0 radical (unpaired) electrons. The van der Waals surface area contributed by atoms with Gasteiger partial charge in [0.2, 0.25) is 5.91 Å². The summed E-state index contributed by atoms with van der Waals surface area (Å²) in [6.45, 7) is 7.25. The van der Waals surface area contributed by atoms with Crippen LogP contribution < -0.4 is 11.1 Å². The van der Waals surface area contributed by atoms with E-state index in [1.54, 1.807) is 6.07 Å². The van der Waals surface area contributed by atoms with E-state index in [4.69, 9.17) is 5.73 Å². The number of nitrogens with two attached hydrogens (primary N) is 1. The fourth-order valence-electron chi connectivity index (χ4n) is 2.93. The van der Waals surface area contributed by atoms with Crippen LogP contribution in [0.4, 0.5) is 0 Å². The highest BCUT2D eigenvalue weighted by molar-refractivity contribution is 7.12. The van der Waals surface area contributed by atoms with Crippen molar-refractivity contribution in [2.24, 2.45) is 17.6 Å². The highest BCUT2D eigenvalue weighted by atomic mass is 35.5. The van der Waals surface area contributed by atoms with Gasteiger partial charge >= 0.3 is 0 Å². The first kappa shape index (κ1) is 19.9. The molecular weight excluding hydrogens is 334 g/mol. The molecule has 0 saturated carbocycles. The zero-order valence-electron chi connectivity index (χ0n) is 13.8. The van der Waals surface area contributed by atoms with Gasteiger partial charge in [-0.05, 0) is 43.2 Å². The predicted molar refractivity (Wildman–Crippen MR) is 96.0 cm³/mol. The number of amides is 2. The maximum atomic E-state index is 12.8. The monoisotopic (exact) mass is 359 g/mol. The minimum absolute atomic E-state index is 0. The lowest BCUT2D eigenvalue weighted by Crippen LogP contribution is -2.52. The van der Waals surface area contributed by atoms with Crippen molar-refractivity contribution in [2.45, 2.75) is 39.3 Å². The van der Waals surface area contributed by atoms with Crippen LogP contribution in [-0.4, -0.2) is 41.9 Å². The van der Waals surface area contributed by atoms with Crippen molar-refractivity contribution in [3.05, 3.63) is 22.4 Å². The predicted octanol–water partition coefficient (Wildman–Crippen LogP) is 2.12. The van der Waals surface area contributed by atoms with Gasteiger partial charge in [0.1, 0.15) is 6.04 Å². The topological polar surface area (TPSA) is 75.4 Å². The Balaban J connectivity index is 0.00000264. The van der Waals surface area contributed by atoms with E-state index in [1.807, 2.05) is 37.1 Å². The lowest BCUT2D eigenvalue weighted by Gasteiger charge is -2.29. The molecule has 0 bridgehead atoms. The lowest BCUT2D eigenvalue weighted by atomic mass is 10.0. The second-order valence-electron chi connectivity index (χ2n) is 6.35. The smallest absolute Gasteiger partial charge is 0.262 e. The summed E-state index contributed by atoms with van der Waals surface area (Å²) in [5.74, 6) is 0.230. The van der Waals surface area contributed by atoms with Crippen molar-refractivity contribution in [1.82, 2.24) is 10.2 Å². The first-order valence-corrected chi connectivity index (χ1v) is 8.67. The largest absolute Gasteiger partial charge is 0.339 e. The van der Waals surface area contributed by atoms with Crippen molar-refractivity contribution < 1.29 is 9.59 Å². The molecule has 2 heterocycles. The van der Waals surface area contributed by atoms with Gasteiger partial charge in [-0.15, -0.1) is 23.7 Å². The second kappa shape index (κ2) is 8.66. The molecular formula is C16H26ClN3O2S. The third-order valence-electron chi connectivity index (χ3n) is 4.24. The molecule has 1 fully saturated rings. The first-order chi connectivity index (χ1) is 10.4. The Hall–Kier alpha value is -1.11. The van der Waals surface area contributed by atoms with Gasteiger partial charge in [-0.1, -0.05) is 19.9 Å². The summed E-state index contributed by atoms with van der Waals surface area (Å²) in [7, 11) is 0. The van der Waals surface area contributed by atoms with Gasteiger partial charge in [-0.3, -0.25) is 9.59 Å².